The van der Waals surface area contributed by atoms with Crippen LogP contribution in [-0.2, 0) is 4.79 Å². The van der Waals surface area contributed by atoms with Gasteiger partial charge in [0.1, 0.15) is 23.3 Å². The van der Waals surface area contributed by atoms with Crippen molar-refractivity contribution in [3.63, 3.8) is 0 Å². The van der Waals surface area contributed by atoms with E-state index in [0.717, 1.165) is 5.56 Å². The monoisotopic (exact) mass is 408 g/mol. The van der Waals surface area contributed by atoms with Crippen LogP contribution in [0, 0.1) is 23.0 Å². The number of imide groups is 1. The van der Waals surface area contributed by atoms with Gasteiger partial charge in [0.2, 0.25) is 5.91 Å². The molecule has 0 bridgehead atoms. The Morgan fingerprint density at radius 1 is 1.17 bits per heavy atom. The fourth-order valence-electron chi connectivity index (χ4n) is 3.99. The Balaban J connectivity index is 1.51. The standard InChI is InChI=1S/C20H14F2N6O2/c21-15-3-9(4-16(22)13(15)7-23)10-5-11(10)12-6-17(27-28-2-1-24-18(12)28)14-8-25-20(30)26-19(14)29/h1-4,6,10-11,14H,5,8H2,(H2,25,26,29,30)/t10-,11+,14?/m1/s1. The van der Waals surface area contributed by atoms with Crippen molar-refractivity contribution in [3.8, 4) is 6.07 Å². The van der Waals surface area contributed by atoms with Gasteiger partial charge in [-0.15, -0.1) is 0 Å². The van der Waals surface area contributed by atoms with Crippen molar-refractivity contribution in [2.24, 2.45) is 0 Å². The summed E-state index contributed by atoms with van der Waals surface area (Å²) in [5.74, 6) is -3.07. The summed E-state index contributed by atoms with van der Waals surface area (Å²) in [5.41, 5.74) is 1.75. The number of nitrogens with one attached hydrogen (secondary N) is 2. The number of imidazole rings is 1. The molecule has 8 nitrogen and oxygen atoms in total. The minimum atomic E-state index is -0.880. The molecular formula is C20H14F2N6O2. The van der Waals surface area contributed by atoms with Crippen molar-refractivity contribution < 1.29 is 18.4 Å². The molecule has 1 aromatic carbocycles. The number of aromatic nitrogens is 3. The van der Waals surface area contributed by atoms with Crippen molar-refractivity contribution in [3.05, 3.63) is 64.6 Å². The van der Waals surface area contributed by atoms with Crippen LogP contribution in [0.15, 0.2) is 30.6 Å². The zero-order valence-corrected chi connectivity index (χ0v) is 15.4. The first kappa shape index (κ1) is 18.2. The number of urea groups is 1. The van der Waals surface area contributed by atoms with Gasteiger partial charge in [-0.05, 0) is 42.0 Å². The molecule has 2 N–H and O–H groups in total. The summed E-state index contributed by atoms with van der Waals surface area (Å²) in [5, 5.41) is 18.1. The van der Waals surface area contributed by atoms with Crippen LogP contribution in [0.25, 0.3) is 5.65 Å². The second kappa shape index (κ2) is 6.59. The molecule has 150 valence electrons. The fourth-order valence-corrected chi connectivity index (χ4v) is 3.99. The molecule has 3 heterocycles. The quantitative estimate of drug-likeness (QED) is 0.689. The normalized spacial score (nSPS) is 23.0. The van der Waals surface area contributed by atoms with Crippen LogP contribution in [0.3, 0.4) is 0 Å². The number of carbonyl (C=O) groups excluding carboxylic acids is 2. The first-order valence-electron chi connectivity index (χ1n) is 9.28. The fraction of sp³-hybridized carbons (Fsp3) is 0.250. The highest BCUT2D eigenvalue weighted by atomic mass is 19.1. The number of hydrogen-bond donors (Lipinski definition) is 2. The number of hydrogen-bond acceptors (Lipinski definition) is 5. The van der Waals surface area contributed by atoms with E-state index in [1.807, 2.05) is 0 Å². The molecule has 3 aromatic rings. The predicted octanol–water partition coefficient (Wildman–Crippen LogP) is 2.07. The van der Waals surface area contributed by atoms with E-state index in [-0.39, 0.29) is 18.4 Å². The molecule has 1 saturated heterocycles. The Bertz CT molecular complexity index is 1240. The second-order valence-corrected chi connectivity index (χ2v) is 7.39. The average molecular weight is 408 g/mol. The van der Waals surface area contributed by atoms with E-state index in [2.05, 4.69) is 20.7 Å². The van der Waals surface area contributed by atoms with Gasteiger partial charge in [-0.3, -0.25) is 10.1 Å². The SMILES string of the molecule is N#Cc1c(F)cc([C@H]2C[C@@H]2c2cc(C3CNC(=O)NC3=O)nn3ccnc23)cc1F. The van der Waals surface area contributed by atoms with Gasteiger partial charge < -0.3 is 5.32 Å². The maximum Gasteiger partial charge on any atom is 0.321 e. The molecule has 3 amide bonds. The van der Waals surface area contributed by atoms with Gasteiger partial charge in [-0.1, -0.05) is 0 Å². The van der Waals surface area contributed by atoms with Crippen LogP contribution in [0.4, 0.5) is 13.6 Å². The van der Waals surface area contributed by atoms with E-state index in [1.165, 1.54) is 18.2 Å². The number of halogens is 2. The van der Waals surface area contributed by atoms with Gasteiger partial charge in [0, 0.05) is 24.5 Å². The predicted molar refractivity (Wildman–Crippen MR) is 98.4 cm³/mol. The lowest BCUT2D eigenvalue weighted by molar-refractivity contribution is -0.122. The zero-order chi connectivity index (χ0) is 21.0. The number of benzene rings is 1. The third kappa shape index (κ3) is 2.86. The maximum atomic E-state index is 14.0. The Hall–Kier alpha value is -3.87. The lowest BCUT2D eigenvalue weighted by Gasteiger charge is -2.22. The number of carbonyl (C=O) groups is 2. The molecule has 1 aliphatic heterocycles. The Labute approximate surface area is 168 Å². The molecule has 3 atom stereocenters. The summed E-state index contributed by atoms with van der Waals surface area (Å²) in [6.45, 7) is 0.122. The minimum Gasteiger partial charge on any atom is -0.337 e. The van der Waals surface area contributed by atoms with Crippen molar-refractivity contribution >= 4 is 17.6 Å². The molecule has 30 heavy (non-hydrogen) atoms. The van der Waals surface area contributed by atoms with Gasteiger partial charge in [0.25, 0.3) is 0 Å². The summed E-state index contributed by atoms with van der Waals surface area (Å²) in [6.07, 6.45) is 3.88. The summed E-state index contributed by atoms with van der Waals surface area (Å²) in [4.78, 5) is 27.9. The number of fused-ring (bicyclic) bond motifs is 1. The summed E-state index contributed by atoms with van der Waals surface area (Å²) < 4.78 is 29.7. The second-order valence-electron chi connectivity index (χ2n) is 7.39. The van der Waals surface area contributed by atoms with Crippen LogP contribution in [0.2, 0.25) is 0 Å². The first-order valence-corrected chi connectivity index (χ1v) is 9.28. The number of rotatable bonds is 3. The molecule has 1 saturated carbocycles. The third-order valence-corrected chi connectivity index (χ3v) is 5.58. The topological polar surface area (TPSA) is 112 Å². The molecular weight excluding hydrogens is 394 g/mol. The Kier molecular flexibility index (Phi) is 3.99. The van der Waals surface area contributed by atoms with Crippen LogP contribution in [0.1, 0.15) is 46.6 Å². The molecule has 1 unspecified atom stereocenters. The van der Waals surface area contributed by atoms with Crippen molar-refractivity contribution in [2.75, 3.05) is 6.54 Å². The molecule has 0 radical (unpaired) electrons. The largest absolute Gasteiger partial charge is 0.337 e. The maximum absolute atomic E-state index is 14.0. The Morgan fingerprint density at radius 2 is 1.93 bits per heavy atom. The van der Waals surface area contributed by atoms with Gasteiger partial charge in [-0.2, -0.15) is 10.4 Å². The van der Waals surface area contributed by atoms with Crippen LogP contribution in [0.5, 0.6) is 0 Å². The highest BCUT2D eigenvalue weighted by Crippen LogP contribution is 2.55. The highest BCUT2D eigenvalue weighted by molar-refractivity contribution is 6.00. The lowest BCUT2D eigenvalue weighted by Crippen LogP contribution is -2.51. The van der Waals surface area contributed by atoms with E-state index in [1.54, 1.807) is 23.0 Å². The molecule has 5 rings (SSSR count). The van der Waals surface area contributed by atoms with Crippen LogP contribution in [-0.4, -0.2) is 33.1 Å². The van der Waals surface area contributed by atoms with E-state index in [4.69, 9.17) is 5.26 Å². The van der Waals surface area contributed by atoms with Crippen molar-refractivity contribution in [1.29, 1.82) is 5.26 Å². The summed E-state index contributed by atoms with van der Waals surface area (Å²) >= 11 is 0. The number of amides is 3. The zero-order valence-electron chi connectivity index (χ0n) is 15.4. The van der Waals surface area contributed by atoms with Crippen LogP contribution >= 0.6 is 0 Å². The molecule has 1 aliphatic carbocycles. The van der Waals surface area contributed by atoms with Gasteiger partial charge >= 0.3 is 6.03 Å². The van der Waals surface area contributed by atoms with Gasteiger partial charge in [-0.25, -0.2) is 23.1 Å². The van der Waals surface area contributed by atoms with E-state index < -0.39 is 35.1 Å². The molecule has 2 fully saturated rings. The number of nitrogens with zero attached hydrogens (tertiary/aromatic N) is 4. The van der Waals surface area contributed by atoms with Crippen molar-refractivity contribution in [1.82, 2.24) is 25.2 Å². The third-order valence-electron chi connectivity index (χ3n) is 5.58. The molecule has 2 aromatic heterocycles. The van der Waals surface area contributed by atoms with Gasteiger partial charge in [0.15, 0.2) is 5.65 Å². The first-order chi connectivity index (χ1) is 14.5. The molecule has 0 spiro atoms. The Morgan fingerprint density at radius 3 is 2.63 bits per heavy atom. The van der Waals surface area contributed by atoms with E-state index in [9.17, 15) is 18.4 Å². The highest BCUT2D eigenvalue weighted by Gasteiger charge is 2.42. The molecule has 10 heteroatoms. The lowest BCUT2D eigenvalue weighted by atomic mass is 9.98. The van der Waals surface area contributed by atoms with Crippen LogP contribution < -0.4 is 10.6 Å². The minimum absolute atomic E-state index is 0.0652. The van der Waals surface area contributed by atoms with E-state index >= 15 is 0 Å². The number of nitriles is 1. The van der Waals surface area contributed by atoms with Gasteiger partial charge in [0.05, 0.1) is 11.6 Å². The molecule has 2 aliphatic rings. The summed E-state index contributed by atoms with van der Waals surface area (Å²) in [7, 11) is 0. The smallest absolute Gasteiger partial charge is 0.321 e. The van der Waals surface area contributed by atoms with Crippen molar-refractivity contribution in [2.45, 2.75) is 24.2 Å². The van der Waals surface area contributed by atoms with E-state index in [0.29, 0.717) is 23.3 Å². The summed E-state index contributed by atoms with van der Waals surface area (Å²) in [6, 6.07) is 5.14. The average Bonchev–Trinajstić information content (AvgIpc) is 3.36.